The van der Waals surface area contributed by atoms with E-state index in [4.69, 9.17) is 0 Å². The van der Waals surface area contributed by atoms with Gasteiger partial charge in [0.1, 0.15) is 0 Å². The van der Waals surface area contributed by atoms with Gasteiger partial charge in [-0.25, -0.2) is 0 Å². The Bertz CT molecular complexity index is 347. The second-order valence-electron chi connectivity index (χ2n) is 7.07. The molecule has 1 atom stereocenters. The number of hydrogen-bond acceptors (Lipinski definition) is 4. The van der Waals surface area contributed by atoms with Crippen LogP contribution in [-0.2, 0) is 4.79 Å². The maximum absolute atomic E-state index is 12.7. The molecule has 0 aromatic carbocycles. The van der Waals surface area contributed by atoms with E-state index < -0.39 is 0 Å². The number of amides is 1. The predicted molar refractivity (Wildman–Crippen MR) is 84.2 cm³/mol. The monoisotopic (exact) mass is 297 g/mol. The fraction of sp³-hybridized carbons (Fsp3) is 0.938. The third kappa shape index (κ3) is 3.96. The average Bonchev–Trinajstić information content (AvgIpc) is 2.95. The average molecular weight is 297 g/mol. The maximum atomic E-state index is 12.7. The maximum Gasteiger partial charge on any atom is 0.239 e. The van der Waals surface area contributed by atoms with Crippen LogP contribution in [-0.4, -0.2) is 85.2 Å². The topological polar surface area (TPSA) is 47.0 Å². The zero-order valence-electron chi connectivity index (χ0n) is 13.8. The molecule has 1 aliphatic heterocycles. The van der Waals surface area contributed by atoms with Gasteiger partial charge in [0.2, 0.25) is 5.91 Å². The third-order valence-corrected chi connectivity index (χ3v) is 5.39. The van der Waals surface area contributed by atoms with E-state index in [-0.39, 0.29) is 24.0 Å². The molecule has 2 rings (SSSR count). The molecule has 0 spiro atoms. The highest BCUT2D eigenvalue weighted by Gasteiger charge is 2.36. The van der Waals surface area contributed by atoms with Crippen LogP contribution in [0.15, 0.2) is 0 Å². The van der Waals surface area contributed by atoms with E-state index in [1.807, 2.05) is 18.9 Å². The number of nitrogens with zero attached hydrogens (tertiary/aromatic N) is 3. The van der Waals surface area contributed by atoms with E-state index in [2.05, 4.69) is 16.8 Å². The molecule has 0 unspecified atom stereocenters. The lowest BCUT2D eigenvalue weighted by Crippen LogP contribution is -2.54. The molecular weight excluding hydrogens is 266 g/mol. The molecule has 0 aromatic heterocycles. The van der Waals surface area contributed by atoms with Gasteiger partial charge in [-0.05, 0) is 26.8 Å². The zero-order chi connectivity index (χ0) is 15.5. The standard InChI is InChI=1S/C16H31N3O2/c1-14(19-10-8-17(2)9-11-19)15(21)18(3)12-16(13-20)6-4-5-7-16/h14,20H,4-13H2,1-3H3/t14-/m0/s1. The Morgan fingerprint density at radius 2 is 1.81 bits per heavy atom. The van der Waals surface area contributed by atoms with E-state index in [0.29, 0.717) is 6.54 Å². The number of aliphatic hydroxyl groups excluding tert-OH is 1. The highest BCUT2D eigenvalue weighted by atomic mass is 16.3. The molecule has 2 fully saturated rings. The largest absolute Gasteiger partial charge is 0.396 e. The van der Waals surface area contributed by atoms with Gasteiger partial charge in [-0.15, -0.1) is 0 Å². The Labute approximate surface area is 128 Å². The van der Waals surface area contributed by atoms with Crippen molar-refractivity contribution in [1.82, 2.24) is 14.7 Å². The molecule has 5 heteroatoms. The van der Waals surface area contributed by atoms with Gasteiger partial charge in [-0.1, -0.05) is 12.8 Å². The van der Waals surface area contributed by atoms with Crippen LogP contribution in [0.4, 0.5) is 0 Å². The molecule has 2 aliphatic rings. The number of aliphatic hydroxyl groups is 1. The van der Waals surface area contributed by atoms with Crippen LogP contribution in [0.3, 0.4) is 0 Å². The summed E-state index contributed by atoms with van der Waals surface area (Å²) in [5.41, 5.74) is -0.0494. The van der Waals surface area contributed by atoms with Gasteiger partial charge in [-0.3, -0.25) is 9.69 Å². The Morgan fingerprint density at radius 3 is 2.33 bits per heavy atom. The lowest BCUT2D eigenvalue weighted by atomic mass is 9.86. The summed E-state index contributed by atoms with van der Waals surface area (Å²) < 4.78 is 0. The molecule has 0 aromatic rings. The van der Waals surface area contributed by atoms with E-state index in [0.717, 1.165) is 39.0 Å². The first-order chi connectivity index (χ1) is 9.97. The molecule has 1 N–H and O–H groups in total. The molecule has 1 aliphatic carbocycles. The van der Waals surface area contributed by atoms with E-state index in [9.17, 15) is 9.90 Å². The SMILES string of the molecule is C[C@@H](C(=O)N(C)CC1(CO)CCCC1)N1CCN(C)CC1. The molecule has 0 radical (unpaired) electrons. The van der Waals surface area contributed by atoms with Crippen LogP contribution in [0, 0.1) is 5.41 Å². The summed E-state index contributed by atoms with van der Waals surface area (Å²) in [6, 6.07) is -0.0548. The van der Waals surface area contributed by atoms with Gasteiger partial charge in [0, 0.05) is 45.2 Å². The fourth-order valence-electron chi connectivity index (χ4n) is 3.76. The smallest absolute Gasteiger partial charge is 0.239 e. The Balaban J connectivity index is 1.89. The lowest BCUT2D eigenvalue weighted by Gasteiger charge is -2.38. The summed E-state index contributed by atoms with van der Waals surface area (Å²) in [4.78, 5) is 19.1. The van der Waals surface area contributed by atoms with Crippen LogP contribution < -0.4 is 0 Å². The summed E-state index contributed by atoms with van der Waals surface area (Å²) in [7, 11) is 4.02. The molecule has 1 heterocycles. The van der Waals surface area contributed by atoms with E-state index >= 15 is 0 Å². The van der Waals surface area contributed by atoms with Crippen LogP contribution in [0.2, 0.25) is 0 Å². The third-order valence-electron chi connectivity index (χ3n) is 5.39. The van der Waals surface area contributed by atoms with E-state index in [1.54, 1.807) is 0 Å². The lowest BCUT2D eigenvalue weighted by molar-refractivity contribution is -0.137. The molecule has 1 amide bonds. The van der Waals surface area contributed by atoms with Gasteiger partial charge < -0.3 is 14.9 Å². The first-order valence-electron chi connectivity index (χ1n) is 8.26. The minimum atomic E-state index is -0.0548. The number of likely N-dealkylation sites (N-methyl/N-ethyl adjacent to an activating group) is 2. The van der Waals surface area contributed by atoms with E-state index in [1.165, 1.54) is 12.8 Å². The molecule has 5 nitrogen and oxygen atoms in total. The van der Waals surface area contributed by atoms with Crippen LogP contribution >= 0.6 is 0 Å². The number of carbonyl (C=O) groups is 1. The van der Waals surface area contributed by atoms with Crippen LogP contribution in [0.25, 0.3) is 0 Å². The molecule has 21 heavy (non-hydrogen) atoms. The Hall–Kier alpha value is -0.650. The predicted octanol–water partition coefficient (Wildman–Crippen LogP) is 0.633. The molecule has 0 bridgehead atoms. The highest BCUT2D eigenvalue weighted by Crippen LogP contribution is 2.38. The first kappa shape index (κ1) is 16.7. The van der Waals surface area contributed by atoms with Gasteiger partial charge in [0.25, 0.3) is 0 Å². The summed E-state index contributed by atoms with van der Waals surface area (Å²) in [5.74, 6) is 0.194. The van der Waals surface area contributed by atoms with Gasteiger partial charge in [-0.2, -0.15) is 0 Å². The van der Waals surface area contributed by atoms with Crippen molar-refractivity contribution in [2.75, 3.05) is 53.4 Å². The van der Waals surface area contributed by atoms with Gasteiger partial charge in [0.15, 0.2) is 0 Å². The normalized spacial score (nSPS) is 25.0. The molecule has 1 saturated heterocycles. The summed E-state index contributed by atoms with van der Waals surface area (Å²) in [6.45, 7) is 6.90. The number of hydrogen-bond donors (Lipinski definition) is 1. The van der Waals surface area contributed by atoms with Crippen molar-refractivity contribution in [2.45, 2.75) is 38.6 Å². The second-order valence-corrected chi connectivity index (χ2v) is 7.07. The second kappa shape index (κ2) is 7.07. The Morgan fingerprint density at radius 1 is 1.24 bits per heavy atom. The Kier molecular flexibility index (Phi) is 5.63. The quantitative estimate of drug-likeness (QED) is 0.809. The molecule has 122 valence electrons. The van der Waals surface area contributed by atoms with Crippen LogP contribution in [0.1, 0.15) is 32.6 Å². The van der Waals surface area contributed by atoms with Crippen LogP contribution in [0.5, 0.6) is 0 Å². The van der Waals surface area contributed by atoms with Gasteiger partial charge in [0.05, 0.1) is 12.6 Å². The van der Waals surface area contributed by atoms with Crippen molar-refractivity contribution in [2.24, 2.45) is 5.41 Å². The molecular formula is C16H31N3O2. The summed E-state index contributed by atoms with van der Waals surface area (Å²) in [6.07, 6.45) is 4.45. The summed E-state index contributed by atoms with van der Waals surface area (Å²) in [5, 5.41) is 9.71. The van der Waals surface area contributed by atoms with Crippen molar-refractivity contribution >= 4 is 5.91 Å². The number of carbonyl (C=O) groups excluding carboxylic acids is 1. The zero-order valence-corrected chi connectivity index (χ0v) is 13.8. The number of piperazine rings is 1. The van der Waals surface area contributed by atoms with Crippen molar-refractivity contribution < 1.29 is 9.90 Å². The number of rotatable bonds is 5. The van der Waals surface area contributed by atoms with Gasteiger partial charge >= 0.3 is 0 Å². The first-order valence-corrected chi connectivity index (χ1v) is 8.26. The van der Waals surface area contributed by atoms with Crippen molar-refractivity contribution in [3.63, 3.8) is 0 Å². The highest BCUT2D eigenvalue weighted by molar-refractivity contribution is 5.81. The minimum absolute atomic E-state index is 0.0494. The minimum Gasteiger partial charge on any atom is -0.396 e. The van der Waals surface area contributed by atoms with Crippen molar-refractivity contribution in [3.8, 4) is 0 Å². The van der Waals surface area contributed by atoms with Crippen molar-refractivity contribution in [1.29, 1.82) is 0 Å². The fourth-order valence-corrected chi connectivity index (χ4v) is 3.76. The summed E-state index contributed by atoms with van der Waals surface area (Å²) >= 11 is 0. The molecule has 1 saturated carbocycles. The van der Waals surface area contributed by atoms with Crippen molar-refractivity contribution in [3.05, 3.63) is 0 Å².